The Morgan fingerprint density at radius 2 is 2.00 bits per heavy atom. The molecule has 7 heteroatoms. The van der Waals surface area contributed by atoms with E-state index >= 15 is 0 Å². The highest BCUT2D eigenvalue weighted by Crippen LogP contribution is 2.25. The number of aromatic nitrogens is 2. The Labute approximate surface area is 138 Å². The van der Waals surface area contributed by atoms with Crippen LogP contribution in [0.25, 0.3) is 0 Å². The van der Waals surface area contributed by atoms with Crippen molar-refractivity contribution in [1.29, 1.82) is 0 Å². The predicted molar refractivity (Wildman–Crippen MR) is 85.0 cm³/mol. The summed E-state index contributed by atoms with van der Waals surface area (Å²) >= 11 is 0. The summed E-state index contributed by atoms with van der Waals surface area (Å²) < 4.78 is 19.2. The molecule has 124 valence electrons. The minimum atomic E-state index is -0.304. The van der Waals surface area contributed by atoms with Gasteiger partial charge in [0, 0.05) is 31.4 Å². The topological polar surface area (TPSA) is 58.6 Å². The van der Waals surface area contributed by atoms with Crippen molar-refractivity contribution < 1.29 is 13.9 Å². The molecule has 4 rings (SSSR count). The van der Waals surface area contributed by atoms with E-state index in [1.165, 1.54) is 6.07 Å². The molecule has 0 atom stereocenters. The number of halogens is 1. The minimum absolute atomic E-state index is 0.151. The van der Waals surface area contributed by atoms with Gasteiger partial charge in [0.2, 0.25) is 5.95 Å². The fourth-order valence-corrected chi connectivity index (χ4v) is 3.00. The summed E-state index contributed by atoms with van der Waals surface area (Å²) in [5, 5.41) is 0. The Morgan fingerprint density at radius 3 is 2.79 bits per heavy atom. The summed E-state index contributed by atoms with van der Waals surface area (Å²) in [6.07, 6.45) is 1.58. The Balaban J connectivity index is 1.54. The van der Waals surface area contributed by atoms with Gasteiger partial charge in [0.1, 0.15) is 5.82 Å². The molecule has 0 saturated carbocycles. The van der Waals surface area contributed by atoms with Gasteiger partial charge in [-0.15, -0.1) is 0 Å². The van der Waals surface area contributed by atoms with Gasteiger partial charge >= 0.3 is 0 Å². The third-order valence-corrected chi connectivity index (χ3v) is 4.33. The highest BCUT2D eigenvalue weighted by Gasteiger charge is 2.30. The largest absolute Gasteiger partial charge is 0.378 e. The molecule has 24 heavy (non-hydrogen) atoms. The number of benzene rings is 1. The molecule has 0 unspecified atom stereocenters. The Bertz CT molecular complexity index is 777. The smallest absolute Gasteiger partial charge is 0.258 e. The third kappa shape index (κ3) is 2.71. The lowest BCUT2D eigenvalue weighted by molar-refractivity contribution is 0.0764. The van der Waals surface area contributed by atoms with Gasteiger partial charge in [0.25, 0.3) is 5.91 Å². The quantitative estimate of drug-likeness (QED) is 0.857. The molecule has 0 aliphatic carbocycles. The van der Waals surface area contributed by atoms with Gasteiger partial charge in [-0.3, -0.25) is 4.79 Å². The van der Waals surface area contributed by atoms with E-state index in [0.717, 1.165) is 13.1 Å². The minimum Gasteiger partial charge on any atom is -0.378 e. The molecule has 1 aromatic heterocycles. The second-order valence-electron chi connectivity index (χ2n) is 5.88. The average Bonchev–Trinajstić information content (AvgIpc) is 2.93. The van der Waals surface area contributed by atoms with E-state index in [4.69, 9.17) is 4.74 Å². The standard InChI is InChI=1S/C17H17FN4O2/c18-14-4-2-1-3-12(14)10-22-11-15-13(16(22)23)9-19-17(20-15)21-5-7-24-8-6-21/h1-4,9H,5-8,10-11H2. The first-order chi connectivity index (χ1) is 11.7. The summed E-state index contributed by atoms with van der Waals surface area (Å²) in [7, 11) is 0. The molecule has 3 heterocycles. The highest BCUT2D eigenvalue weighted by molar-refractivity contribution is 5.97. The SMILES string of the molecule is O=C1c2cnc(N3CCOCC3)nc2CN1Cc1ccccc1F. The fraction of sp³-hybridized carbons (Fsp3) is 0.353. The summed E-state index contributed by atoms with van der Waals surface area (Å²) in [4.78, 5) is 25.0. The van der Waals surface area contributed by atoms with E-state index in [1.54, 1.807) is 29.3 Å². The number of fused-ring (bicyclic) bond motifs is 1. The van der Waals surface area contributed by atoms with Crippen LogP contribution in [0.5, 0.6) is 0 Å². The maximum Gasteiger partial charge on any atom is 0.258 e. The first-order valence-electron chi connectivity index (χ1n) is 7.93. The summed E-state index contributed by atoms with van der Waals surface area (Å²) in [6.45, 7) is 3.39. The van der Waals surface area contributed by atoms with E-state index in [1.807, 2.05) is 4.90 Å². The number of hydrogen-bond donors (Lipinski definition) is 0. The number of rotatable bonds is 3. The Morgan fingerprint density at radius 1 is 1.21 bits per heavy atom. The van der Waals surface area contributed by atoms with Crippen LogP contribution in [0.4, 0.5) is 10.3 Å². The van der Waals surface area contributed by atoms with Crippen LogP contribution >= 0.6 is 0 Å². The van der Waals surface area contributed by atoms with Gasteiger partial charge in [-0.05, 0) is 6.07 Å². The lowest BCUT2D eigenvalue weighted by atomic mass is 10.2. The van der Waals surface area contributed by atoms with Crippen LogP contribution in [0.3, 0.4) is 0 Å². The zero-order chi connectivity index (χ0) is 16.5. The van der Waals surface area contributed by atoms with Crippen molar-refractivity contribution in [3.05, 3.63) is 53.1 Å². The van der Waals surface area contributed by atoms with E-state index in [0.29, 0.717) is 42.5 Å². The maximum atomic E-state index is 13.8. The predicted octanol–water partition coefficient (Wildman–Crippen LogP) is 1.61. The van der Waals surface area contributed by atoms with Crippen LogP contribution in [-0.4, -0.2) is 47.1 Å². The van der Waals surface area contributed by atoms with Gasteiger partial charge in [0.05, 0.1) is 31.0 Å². The number of anilines is 1. The van der Waals surface area contributed by atoms with Crippen molar-refractivity contribution in [2.75, 3.05) is 31.2 Å². The van der Waals surface area contributed by atoms with Crippen LogP contribution in [0.15, 0.2) is 30.5 Å². The Hall–Kier alpha value is -2.54. The molecule has 2 aliphatic heterocycles. The first kappa shape index (κ1) is 15.0. The zero-order valence-corrected chi connectivity index (χ0v) is 13.1. The van der Waals surface area contributed by atoms with Gasteiger partial charge < -0.3 is 14.5 Å². The van der Waals surface area contributed by atoms with Crippen molar-refractivity contribution in [3.8, 4) is 0 Å². The van der Waals surface area contributed by atoms with Gasteiger partial charge in [-0.25, -0.2) is 14.4 Å². The molecular formula is C17H17FN4O2. The van der Waals surface area contributed by atoms with E-state index in [9.17, 15) is 9.18 Å². The number of ether oxygens (including phenoxy) is 1. The first-order valence-corrected chi connectivity index (χ1v) is 7.93. The molecular weight excluding hydrogens is 311 g/mol. The third-order valence-electron chi connectivity index (χ3n) is 4.33. The Kier molecular flexibility index (Phi) is 3.86. The van der Waals surface area contributed by atoms with Crippen molar-refractivity contribution >= 4 is 11.9 Å². The van der Waals surface area contributed by atoms with Crippen LogP contribution in [-0.2, 0) is 17.8 Å². The molecule has 0 N–H and O–H groups in total. The molecule has 1 amide bonds. The average molecular weight is 328 g/mol. The van der Waals surface area contributed by atoms with Gasteiger partial charge in [0.15, 0.2) is 0 Å². The number of carbonyl (C=O) groups excluding carboxylic acids is 1. The van der Waals surface area contributed by atoms with E-state index in [-0.39, 0.29) is 18.3 Å². The number of morpholine rings is 1. The molecule has 0 bridgehead atoms. The van der Waals surface area contributed by atoms with Crippen LogP contribution in [0.2, 0.25) is 0 Å². The molecule has 1 saturated heterocycles. The molecule has 0 spiro atoms. The maximum absolute atomic E-state index is 13.8. The van der Waals surface area contributed by atoms with Gasteiger partial charge in [-0.1, -0.05) is 18.2 Å². The monoisotopic (exact) mass is 328 g/mol. The number of amides is 1. The number of hydrogen-bond acceptors (Lipinski definition) is 5. The van der Waals surface area contributed by atoms with Crippen LogP contribution in [0.1, 0.15) is 21.6 Å². The summed E-state index contributed by atoms with van der Waals surface area (Å²) in [6, 6.07) is 6.50. The number of nitrogens with zero attached hydrogens (tertiary/aromatic N) is 4. The van der Waals surface area contributed by atoms with Crippen LogP contribution in [0, 0.1) is 5.82 Å². The van der Waals surface area contributed by atoms with Crippen LogP contribution < -0.4 is 4.90 Å². The number of carbonyl (C=O) groups is 1. The van der Waals surface area contributed by atoms with Gasteiger partial charge in [-0.2, -0.15) is 0 Å². The molecule has 1 fully saturated rings. The molecule has 2 aromatic rings. The zero-order valence-electron chi connectivity index (χ0n) is 13.1. The van der Waals surface area contributed by atoms with Crippen molar-refractivity contribution in [2.45, 2.75) is 13.1 Å². The highest BCUT2D eigenvalue weighted by atomic mass is 19.1. The second-order valence-corrected chi connectivity index (χ2v) is 5.88. The molecule has 0 radical (unpaired) electrons. The summed E-state index contributed by atoms with van der Waals surface area (Å²) in [5.74, 6) is 0.167. The lowest BCUT2D eigenvalue weighted by Gasteiger charge is -2.26. The fourth-order valence-electron chi connectivity index (χ4n) is 3.00. The van der Waals surface area contributed by atoms with Crippen molar-refractivity contribution in [3.63, 3.8) is 0 Å². The van der Waals surface area contributed by atoms with E-state index in [2.05, 4.69) is 9.97 Å². The summed E-state index contributed by atoms with van der Waals surface area (Å²) in [5.41, 5.74) is 1.70. The van der Waals surface area contributed by atoms with Crippen molar-refractivity contribution in [1.82, 2.24) is 14.9 Å². The lowest BCUT2D eigenvalue weighted by Crippen LogP contribution is -2.37. The molecule has 2 aliphatic rings. The molecule has 1 aromatic carbocycles. The van der Waals surface area contributed by atoms with Crippen molar-refractivity contribution in [2.24, 2.45) is 0 Å². The molecule has 6 nitrogen and oxygen atoms in total. The van der Waals surface area contributed by atoms with E-state index < -0.39 is 0 Å². The normalized spacial score (nSPS) is 17.3. The second kappa shape index (κ2) is 6.16.